The van der Waals surface area contributed by atoms with Crippen LogP contribution in [-0.4, -0.2) is 24.8 Å². The third kappa shape index (κ3) is 3.68. The maximum Gasteiger partial charge on any atom is 0.244 e. The molecule has 7 heteroatoms. The first kappa shape index (κ1) is 16.1. The number of hydrogen-bond donors (Lipinski definition) is 1. The molecule has 0 unspecified atom stereocenters. The van der Waals surface area contributed by atoms with Gasteiger partial charge in [-0.2, -0.15) is 4.31 Å². The molecule has 0 saturated carbocycles. The summed E-state index contributed by atoms with van der Waals surface area (Å²) in [5.41, 5.74) is 7.11. The highest BCUT2D eigenvalue weighted by Crippen LogP contribution is 2.26. The molecular formula is C14H16BrN3O2S. The quantitative estimate of drug-likeness (QED) is 0.875. The van der Waals surface area contributed by atoms with Gasteiger partial charge in [-0.1, -0.05) is 12.1 Å². The zero-order valence-corrected chi connectivity index (χ0v) is 13.9. The fourth-order valence-corrected chi connectivity index (χ4v) is 4.08. The summed E-state index contributed by atoms with van der Waals surface area (Å²) >= 11 is 3.30. The molecule has 1 heterocycles. The number of hydrogen-bond acceptors (Lipinski definition) is 4. The summed E-state index contributed by atoms with van der Waals surface area (Å²) < 4.78 is 27.0. The molecule has 112 valence electrons. The van der Waals surface area contributed by atoms with E-state index in [1.165, 1.54) is 11.4 Å². The molecule has 0 fully saturated rings. The van der Waals surface area contributed by atoms with E-state index < -0.39 is 10.0 Å². The van der Waals surface area contributed by atoms with Crippen LogP contribution in [0.15, 0.2) is 52.0 Å². The normalized spacial score (nSPS) is 11.8. The predicted octanol–water partition coefficient (Wildman–Crippen LogP) is 2.12. The summed E-state index contributed by atoms with van der Waals surface area (Å²) in [4.78, 5) is 4.36. The molecule has 0 spiro atoms. The molecule has 0 bridgehead atoms. The van der Waals surface area contributed by atoms with E-state index in [0.717, 1.165) is 5.56 Å². The molecular weight excluding hydrogens is 354 g/mol. The summed E-state index contributed by atoms with van der Waals surface area (Å²) in [5.74, 6) is 0. The largest absolute Gasteiger partial charge is 0.326 e. The Morgan fingerprint density at radius 3 is 2.62 bits per heavy atom. The second-order valence-electron chi connectivity index (χ2n) is 4.55. The summed E-state index contributed by atoms with van der Waals surface area (Å²) in [7, 11) is -2.05. The Morgan fingerprint density at radius 1 is 1.29 bits per heavy atom. The van der Waals surface area contributed by atoms with E-state index in [4.69, 9.17) is 5.73 Å². The number of nitrogens with zero attached hydrogens (tertiary/aromatic N) is 2. The maximum absolute atomic E-state index is 12.6. The third-order valence-corrected chi connectivity index (χ3v) is 5.81. The van der Waals surface area contributed by atoms with Crippen molar-refractivity contribution in [3.05, 3.63) is 58.3 Å². The van der Waals surface area contributed by atoms with Gasteiger partial charge in [0.2, 0.25) is 10.0 Å². The van der Waals surface area contributed by atoms with E-state index >= 15 is 0 Å². The molecule has 5 nitrogen and oxygen atoms in total. The Labute approximate surface area is 133 Å². The Bertz CT molecular complexity index is 720. The van der Waals surface area contributed by atoms with Crippen molar-refractivity contribution >= 4 is 26.0 Å². The smallest absolute Gasteiger partial charge is 0.244 e. The maximum atomic E-state index is 12.6. The molecule has 0 radical (unpaired) electrons. The minimum atomic E-state index is -3.59. The lowest BCUT2D eigenvalue weighted by molar-refractivity contribution is 0.462. The topological polar surface area (TPSA) is 76.3 Å². The van der Waals surface area contributed by atoms with Crippen LogP contribution in [-0.2, 0) is 23.1 Å². The first-order valence-corrected chi connectivity index (χ1v) is 8.53. The van der Waals surface area contributed by atoms with Gasteiger partial charge < -0.3 is 5.73 Å². The first-order valence-electron chi connectivity index (χ1n) is 6.30. The first-order chi connectivity index (χ1) is 9.95. The highest BCUT2D eigenvalue weighted by Gasteiger charge is 2.23. The Kier molecular flexibility index (Phi) is 5.10. The van der Waals surface area contributed by atoms with E-state index in [9.17, 15) is 8.42 Å². The predicted molar refractivity (Wildman–Crippen MR) is 84.9 cm³/mol. The molecule has 2 rings (SSSR count). The van der Waals surface area contributed by atoms with Gasteiger partial charge in [0, 0.05) is 24.3 Å². The highest BCUT2D eigenvalue weighted by molar-refractivity contribution is 9.10. The second kappa shape index (κ2) is 6.65. The standard InChI is InChI=1S/C14H16BrN3O2S/c1-18(10-12-4-2-3-7-17-12)21(19,20)14-6-5-11(9-16)8-13(14)15/h2-8H,9-10,16H2,1H3. The lowest BCUT2D eigenvalue weighted by atomic mass is 10.2. The van der Waals surface area contributed by atoms with Gasteiger partial charge in [-0.15, -0.1) is 0 Å². The van der Waals surface area contributed by atoms with E-state index in [1.807, 2.05) is 6.07 Å². The second-order valence-corrected chi connectivity index (χ2v) is 7.42. The fraction of sp³-hybridized carbons (Fsp3) is 0.214. The van der Waals surface area contributed by atoms with Crippen molar-refractivity contribution in [3.8, 4) is 0 Å². The van der Waals surface area contributed by atoms with Crippen LogP contribution >= 0.6 is 15.9 Å². The molecule has 2 N–H and O–H groups in total. The lowest BCUT2D eigenvalue weighted by Crippen LogP contribution is -2.27. The average molecular weight is 370 g/mol. The van der Waals surface area contributed by atoms with Crippen LogP contribution in [0.4, 0.5) is 0 Å². The summed E-state index contributed by atoms with van der Waals surface area (Å²) in [6, 6.07) is 10.4. The zero-order valence-electron chi connectivity index (χ0n) is 11.5. The molecule has 0 saturated heterocycles. The molecule has 0 aliphatic carbocycles. The van der Waals surface area contributed by atoms with Crippen LogP contribution in [0.5, 0.6) is 0 Å². The monoisotopic (exact) mass is 369 g/mol. The van der Waals surface area contributed by atoms with Crippen molar-refractivity contribution in [2.24, 2.45) is 5.73 Å². The Balaban J connectivity index is 2.29. The third-order valence-electron chi connectivity index (χ3n) is 3.03. The van der Waals surface area contributed by atoms with Gasteiger partial charge in [-0.25, -0.2) is 8.42 Å². The number of nitrogens with two attached hydrogens (primary N) is 1. The van der Waals surface area contributed by atoms with Crippen molar-refractivity contribution in [1.82, 2.24) is 9.29 Å². The summed E-state index contributed by atoms with van der Waals surface area (Å²) in [5, 5.41) is 0. The average Bonchev–Trinajstić information content (AvgIpc) is 2.47. The summed E-state index contributed by atoms with van der Waals surface area (Å²) in [6.45, 7) is 0.580. The number of rotatable bonds is 5. The number of pyridine rings is 1. The van der Waals surface area contributed by atoms with Crippen LogP contribution in [0.25, 0.3) is 0 Å². The van der Waals surface area contributed by atoms with E-state index in [2.05, 4.69) is 20.9 Å². The minimum Gasteiger partial charge on any atom is -0.326 e. The van der Waals surface area contributed by atoms with Crippen molar-refractivity contribution in [3.63, 3.8) is 0 Å². The Morgan fingerprint density at radius 2 is 2.05 bits per heavy atom. The van der Waals surface area contributed by atoms with Gasteiger partial charge >= 0.3 is 0 Å². The van der Waals surface area contributed by atoms with Crippen LogP contribution in [0.2, 0.25) is 0 Å². The lowest BCUT2D eigenvalue weighted by Gasteiger charge is -2.18. The fourth-order valence-electron chi connectivity index (χ4n) is 1.85. The van der Waals surface area contributed by atoms with Crippen LogP contribution in [0.3, 0.4) is 0 Å². The number of aromatic nitrogens is 1. The van der Waals surface area contributed by atoms with E-state index in [1.54, 1.807) is 36.5 Å². The minimum absolute atomic E-state index is 0.217. The van der Waals surface area contributed by atoms with Gasteiger partial charge in [0.05, 0.1) is 17.1 Å². The van der Waals surface area contributed by atoms with E-state index in [0.29, 0.717) is 16.7 Å². The van der Waals surface area contributed by atoms with Gasteiger partial charge in [0.25, 0.3) is 0 Å². The van der Waals surface area contributed by atoms with Crippen molar-refractivity contribution < 1.29 is 8.42 Å². The van der Waals surface area contributed by atoms with Crippen molar-refractivity contribution in [1.29, 1.82) is 0 Å². The molecule has 1 aromatic carbocycles. The molecule has 21 heavy (non-hydrogen) atoms. The molecule has 0 aliphatic rings. The highest BCUT2D eigenvalue weighted by atomic mass is 79.9. The molecule has 0 atom stereocenters. The number of benzene rings is 1. The zero-order chi connectivity index (χ0) is 15.5. The van der Waals surface area contributed by atoms with Crippen LogP contribution in [0, 0.1) is 0 Å². The van der Waals surface area contributed by atoms with Crippen molar-refractivity contribution in [2.45, 2.75) is 18.0 Å². The molecule has 2 aromatic rings. The Hall–Kier alpha value is -1.28. The van der Waals surface area contributed by atoms with Gasteiger partial charge in [-0.05, 0) is 45.8 Å². The molecule has 0 aliphatic heterocycles. The van der Waals surface area contributed by atoms with Crippen LogP contribution in [0.1, 0.15) is 11.3 Å². The molecule has 0 amide bonds. The van der Waals surface area contributed by atoms with Gasteiger partial charge in [0.15, 0.2) is 0 Å². The number of sulfonamides is 1. The van der Waals surface area contributed by atoms with Crippen LogP contribution < -0.4 is 5.73 Å². The SMILES string of the molecule is CN(Cc1ccccn1)S(=O)(=O)c1ccc(CN)cc1Br. The van der Waals surface area contributed by atoms with Gasteiger partial charge in [-0.3, -0.25) is 4.98 Å². The van der Waals surface area contributed by atoms with Crippen molar-refractivity contribution in [2.75, 3.05) is 7.05 Å². The summed E-state index contributed by atoms with van der Waals surface area (Å²) in [6.07, 6.45) is 1.64. The van der Waals surface area contributed by atoms with E-state index in [-0.39, 0.29) is 11.4 Å². The molecule has 1 aromatic heterocycles. The van der Waals surface area contributed by atoms with Gasteiger partial charge in [0.1, 0.15) is 0 Å². The number of halogens is 1.